The molecular weight excluding hydrogens is 94.1 g/mol. The summed E-state index contributed by atoms with van der Waals surface area (Å²) >= 11 is 0. The van der Waals surface area contributed by atoms with E-state index < -0.39 is 0 Å². The Labute approximate surface area is 40.1 Å². The van der Waals surface area contributed by atoms with Crippen LogP contribution in [0.4, 0.5) is 11.5 Å². The van der Waals surface area contributed by atoms with Crippen molar-refractivity contribution < 1.29 is 4.52 Å². The van der Waals surface area contributed by atoms with Gasteiger partial charge in [-0.3, -0.25) is 0 Å². The van der Waals surface area contributed by atoms with E-state index in [-0.39, 0.29) is 5.82 Å². The van der Waals surface area contributed by atoms with Crippen LogP contribution in [0.25, 0.3) is 0 Å². The summed E-state index contributed by atoms with van der Waals surface area (Å²) in [6.45, 7) is 0. The van der Waals surface area contributed by atoms with Crippen LogP contribution in [-0.4, -0.2) is 5.16 Å². The van der Waals surface area contributed by atoms with Gasteiger partial charge in [0.15, 0.2) is 5.82 Å². The first kappa shape index (κ1) is 3.98. The van der Waals surface area contributed by atoms with Crippen LogP contribution in [0.15, 0.2) is 10.8 Å². The summed E-state index contributed by atoms with van der Waals surface area (Å²) in [6, 6.07) is 0. The molecule has 0 unspecified atom stereocenters. The molecule has 4 nitrogen and oxygen atoms in total. The molecule has 0 amide bonds. The number of hydrogen-bond donors (Lipinski definition) is 2. The van der Waals surface area contributed by atoms with Crippen LogP contribution in [0.1, 0.15) is 0 Å². The van der Waals surface area contributed by atoms with E-state index in [1.54, 1.807) is 0 Å². The summed E-state index contributed by atoms with van der Waals surface area (Å²) < 4.78 is 4.34. The zero-order valence-corrected chi connectivity index (χ0v) is 3.59. The molecule has 0 atom stereocenters. The maximum absolute atomic E-state index is 5.16. The highest BCUT2D eigenvalue weighted by Crippen LogP contribution is 2.07. The van der Waals surface area contributed by atoms with Crippen LogP contribution in [0.5, 0.6) is 0 Å². The minimum atomic E-state index is 0.250. The molecule has 1 heterocycles. The van der Waals surface area contributed by atoms with Gasteiger partial charge in [0.2, 0.25) is 0 Å². The lowest BCUT2D eigenvalue weighted by atomic mass is 10.6. The van der Waals surface area contributed by atoms with Gasteiger partial charge in [-0.1, -0.05) is 5.16 Å². The first-order chi connectivity index (χ1) is 3.30. The Morgan fingerprint density at radius 2 is 2.29 bits per heavy atom. The van der Waals surface area contributed by atoms with Crippen LogP contribution < -0.4 is 11.5 Å². The molecule has 0 fully saturated rings. The summed E-state index contributed by atoms with van der Waals surface area (Å²) in [5.74, 6) is 0.250. The monoisotopic (exact) mass is 99.0 g/mol. The van der Waals surface area contributed by atoms with Crippen molar-refractivity contribution in [3.05, 3.63) is 6.26 Å². The van der Waals surface area contributed by atoms with Crippen molar-refractivity contribution >= 4 is 11.5 Å². The quantitative estimate of drug-likeness (QED) is 0.473. The second-order valence-corrected chi connectivity index (χ2v) is 1.16. The van der Waals surface area contributed by atoms with Gasteiger partial charge in [-0.25, -0.2) is 0 Å². The van der Waals surface area contributed by atoms with Crippen LogP contribution in [-0.2, 0) is 0 Å². The third-order valence-electron chi connectivity index (χ3n) is 0.626. The zero-order chi connectivity index (χ0) is 5.28. The summed E-state index contributed by atoms with van der Waals surface area (Å²) in [7, 11) is 0. The fraction of sp³-hybridized carbons (Fsp3) is 0. The van der Waals surface area contributed by atoms with E-state index in [0.29, 0.717) is 5.69 Å². The summed E-state index contributed by atoms with van der Waals surface area (Å²) in [5.41, 5.74) is 10.7. The van der Waals surface area contributed by atoms with Crippen molar-refractivity contribution in [1.29, 1.82) is 0 Å². The first-order valence-corrected chi connectivity index (χ1v) is 1.76. The Morgan fingerprint density at radius 3 is 2.43 bits per heavy atom. The highest BCUT2D eigenvalue weighted by atomic mass is 16.5. The molecule has 1 rings (SSSR count). The van der Waals surface area contributed by atoms with Crippen molar-refractivity contribution in [3.63, 3.8) is 0 Å². The van der Waals surface area contributed by atoms with E-state index >= 15 is 0 Å². The molecule has 0 aliphatic rings. The number of nitrogens with two attached hydrogens (primary N) is 2. The molecule has 0 saturated carbocycles. The fourth-order valence-corrected chi connectivity index (χ4v) is 0.253. The van der Waals surface area contributed by atoms with Gasteiger partial charge in [-0.15, -0.1) is 0 Å². The van der Waals surface area contributed by atoms with Gasteiger partial charge in [0, 0.05) is 0 Å². The third-order valence-corrected chi connectivity index (χ3v) is 0.626. The normalized spacial score (nSPS) is 9.14. The summed E-state index contributed by atoms with van der Waals surface area (Å²) in [6.07, 6.45) is 1.29. The highest BCUT2D eigenvalue weighted by molar-refractivity contribution is 5.54. The average Bonchev–Trinajstić information content (AvgIpc) is 1.91. The van der Waals surface area contributed by atoms with Gasteiger partial charge in [-0.2, -0.15) is 0 Å². The maximum atomic E-state index is 5.16. The second-order valence-electron chi connectivity index (χ2n) is 1.16. The van der Waals surface area contributed by atoms with E-state index in [1.807, 2.05) is 0 Å². The summed E-state index contributed by atoms with van der Waals surface area (Å²) in [4.78, 5) is 0. The molecule has 1 aromatic heterocycles. The van der Waals surface area contributed by atoms with E-state index in [9.17, 15) is 0 Å². The smallest absolute Gasteiger partial charge is 0.190 e. The molecule has 0 saturated heterocycles. The largest absolute Gasteiger partial charge is 0.393 e. The molecule has 1 aromatic rings. The summed E-state index contributed by atoms with van der Waals surface area (Å²) in [5, 5.41) is 3.29. The van der Waals surface area contributed by atoms with Gasteiger partial charge in [-0.05, 0) is 0 Å². The molecule has 7 heavy (non-hydrogen) atoms. The van der Waals surface area contributed by atoms with Gasteiger partial charge in [0.25, 0.3) is 0 Å². The molecule has 0 aliphatic heterocycles. The van der Waals surface area contributed by atoms with Crippen molar-refractivity contribution in [2.75, 3.05) is 11.5 Å². The Bertz CT molecular complexity index is 142. The predicted octanol–water partition coefficient (Wildman–Crippen LogP) is -0.161. The molecule has 0 radical (unpaired) electrons. The van der Waals surface area contributed by atoms with Gasteiger partial charge in [0.1, 0.15) is 12.0 Å². The molecule has 0 aliphatic carbocycles. The lowest BCUT2D eigenvalue weighted by Gasteiger charge is -1.76. The Hall–Kier alpha value is -1.19. The van der Waals surface area contributed by atoms with Gasteiger partial charge >= 0.3 is 0 Å². The van der Waals surface area contributed by atoms with E-state index in [0.717, 1.165) is 0 Å². The SMILES string of the molecule is Nc1conc1N. The Morgan fingerprint density at radius 1 is 1.57 bits per heavy atom. The fourth-order valence-electron chi connectivity index (χ4n) is 0.253. The molecule has 0 bridgehead atoms. The number of anilines is 2. The Kier molecular flexibility index (Phi) is 0.651. The number of nitrogen functional groups attached to an aromatic ring is 2. The molecular formula is C3H5N3O. The third kappa shape index (κ3) is 0.489. The zero-order valence-electron chi connectivity index (χ0n) is 3.59. The van der Waals surface area contributed by atoms with Crippen molar-refractivity contribution in [3.8, 4) is 0 Å². The Balaban J connectivity index is 3.12. The van der Waals surface area contributed by atoms with Gasteiger partial charge < -0.3 is 16.0 Å². The van der Waals surface area contributed by atoms with Crippen LogP contribution >= 0.6 is 0 Å². The van der Waals surface area contributed by atoms with Crippen LogP contribution in [0.3, 0.4) is 0 Å². The van der Waals surface area contributed by atoms with Crippen LogP contribution in [0, 0.1) is 0 Å². The average molecular weight is 99.1 g/mol. The lowest BCUT2D eigenvalue weighted by molar-refractivity contribution is 0.423. The molecule has 0 aromatic carbocycles. The first-order valence-electron chi connectivity index (χ1n) is 1.76. The lowest BCUT2D eigenvalue weighted by Crippen LogP contribution is -1.89. The number of nitrogens with zero attached hydrogens (tertiary/aromatic N) is 1. The second kappa shape index (κ2) is 1.14. The highest BCUT2D eigenvalue weighted by Gasteiger charge is 1.92. The van der Waals surface area contributed by atoms with Crippen LogP contribution in [0.2, 0.25) is 0 Å². The van der Waals surface area contributed by atoms with E-state index in [1.165, 1.54) is 6.26 Å². The van der Waals surface area contributed by atoms with E-state index in [2.05, 4.69) is 9.68 Å². The minimum absolute atomic E-state index is 0.250. The topological polar surface area (TPSA) is 78.1 Å². The van der Waals surface area contributed by atoms with Gasteiger partial charge in [0.05, 0.1) is 0 Å². The standard InChI is InChI=1S/C3H5N3O/c4-2-1-7-6-3(2)5/h1H,4H2,(H2,5,6). The van der Waals surface area contributed by atoms with E-state index in [4.69, 9.17) is 11.5 Å². The maximum Gasteiger partial charge on any atom is 0.190 e. The molecule has 0 spiro atoms. The van der Waals surface area contributed by atoms with Crippen molar-refractivity contribution in [1.82, 2.24) is 5.16 Å². The molecule has 4 N–H and O–H groups in total. The number of rotatable bonds is 0. The van der Waals surface area contributed by atoms with Crippen molar-refractivity contribution in [2.24, 2.45) is 0 Å². The minimum Gasteiger partial charge on any atom is -0.393 e. The molecule has 4 heteroatoms. The predicted molar refractivity (Wildman–Crippen MR) is 25.3 cm³/mol. The van der Waals surface area contributed by atoms with Crippen molar-refractivity contribution in [2.45, 2.75) is 0 Å². The molecule has 38 valence electrons. The number of hydrogen-bond acceptors (Lipinski definition) is 4. The number of aromatic nitrogens is 1.